The quantitative estimate of drug-likeness (QED) is 0.856. The fraction of sp³-hybridized carbons (Fsp3) is 0.294. The van der Waals surface area contributed by atoms with E-state index in [9.17, 15) is 5.11 Å². The van der Waals surface area contributed by atoms with E-state index in [-0.39, 0.29) is 5.92 Å². The first kappa shape index (κ1) is 15.4. The first-order valence-electron chi connectivity index (χ1n) is 6.86. The molecule has 4 heteroatoms. The van der Waals surface area contributed by atoms with Gasteiger partial charge >= 0.3 is 0 Å². The van der Waals surface area contributed by atoms with Crippen molar-refractivity contribution in [3.63, 3.8) is 0 Å². The molecule has 0 saturated carbocycles. The lowest BCUT2D eigenvalue weighted by Gasteiger charge is -2.24. The maximum atomic E-state index is 10.6. The zero-order chi connectivity index (χ0) is 15.2. The fourth-order valence-corrected chi connectivity index (χ4v) is 2.44. The zero-order valence-corrected chi connectivity index (χ0v) is 12.3. The van der Waals surface area contributed by atoms with Crippen LogP contribution in [-0.4, -0.2) is 25.9 Å². The summed E-state index contributed by atoms with van der Waals surface area (Å²) in [5.74, 6) is 1.14. The van der Waals surface area contributed by atoms with E-state index in [1.807, 2.05) is 48.5 Å². The van der Waals surface area contributed by atoms with Crippen LogP contribution in [0.15, 0.2) is 48.5 Å². The summed E-state index contributed by atoms with van der Waals surface area (Å²) in [7, 11) is 3.21. The Morgan fingerprint density at radius 1 is 1.05 bits per heavy atom. The summed E-state index contributed by atoms with van der Waals surface area (Å²) < 4.78 is 10.6. The monoisotopic (exact) mass is 287 g/mol. The molecule has 21 heavy (non-hydrogen) atoms. The summed E-state index contributed by atoms with van der Waals surface area (Å²) in [6.45, 7) is 0.305. The minimum Gasteiger partial charge on any atom is -0.497 e. The Morgan fingerprint density at radius 3 is 2.33 bits per heavy atom. The summed E-state index contributed by atoms with van der Waals surface area (Å²) in [4.78, 5) is 0. The number of benzene rings is 2. The average Bonchev–Trinajstić information content (AvgIpc) is 2.56. The minimum absolute atomic E-state index is 0.266. The predicted molar refractivity (Wildman–Crippen MR) is 82.7 cm³/mol. The molecule has 112 valence electrons. The molecule has 0 saturated heterocycles. The molecule has 0 amide bonds. The first-order chi connectivity index (χ1) is 10.2. The van der Waals surface area contributed by atoms with Crippen LogP contribution in [0.4, 0.5) is 0 Å². The average molecular weight is 287 g/mol. The fourth-order valence-electron chi connectivity index (χ4n) is 2.44. The van der Waals surface area contributed by atoms with Crippen molar-refractivity contribution < 1.29 is 14.6 Å². The molecule has 2 aromatic rings. The van der Waals surface area contributed by atoms with Gasteiger partial charge in [-0.25, -0.2) is 0 Å². The number of rotatable bonds is 6. The highest BCUT2D eigenvalue weighted by Gasteiger charge is 2.24. The van der Waals surface area contributed by atoms with Crippen LogP contribution in [0.1, 0.15) is 23.1 Å². The van der Waals surface area contributed by atoms with E-state index in [0.29, 0.717) is 18.0 Å². The van der Waals surface area contributed by atoms with Crippen molar-refractivity contribution >= 4 is 0 Å². The van der Waals surface area contributed by atoms with E-state index in [1.165, 1.54) is 0 Å². The second-order valence-corrected chi connectivity index (χ2v) is 4.81. The van der Waals surface area contributed by atoms with Crippen LogP contribution in [0.2, 0.25) is 0 Å². The molecule has 2 rings (SSSR count). The molecule has 0 bridgehead atoms. The van der Waals surface area contributed by atoms with Gasteiger partial charge in [0.15, 0.2) is 0 Å². The predicted octanol–water partition coefficient (Wildman–Crippen LogP) is 2.48. The summed E-state index contributed by atoms with van der Waals surface area (Å²) >= 11 is 0. The standard InChI is InChI=1S/C17H21NO3/c1-20-13-8-9-16(21-2)14(10-13)15(11-18)17(19)12-6-4-3-5-7-12/h3-10,15,17,19H,11,18H2,1-2H3. The third-order valence-electron chi connectivity index (χ3n) is 3.61. The zero-order valence-electron chi connectivity index (χ0n) is 12.3. The van der Waals surface area contributed by atoms with Crippen molar-refractivity contribution in [1.82, 2.24) is 0 Å². The van der Waals surface area contributed by atoms with Crippen molar-refractivity contribution in [1.29, 1.82) is 0 Å². The molecule has 3 N–H and O–H groups in total. The van der Waals surface area contributed by atoms with Gasteiger partial charge in [0.1, 0.15) is 11.5 Å². The van der Waals surface area contributed by atoms with Gasteiger partial charge in [0, 0.05) is 18.0 Å². The van der Waals surface area contributed by atoms with Gasteiger partial charge in [-0.15, -0.1) is 0 Å². The van der Waals surface area contributed by atoms with Gasteiger partial charge in [0.25, 0.3) is 0 Å². The highest BCUT2D eigenvalue weighted by Crippen LogP contribution is 2.37. The van der Waals surface area contributed by atoms with Crippen LogP contribution >= 0.6 is 0 Å². The number of nitrogens with two attached hydrogens (primary N) is 1. The number of hydrogen-bond acceptors (Lipinski definition) is 4. The maximum absolute atomic E-state index is 10.6. The van der Waals surface area contributed by atoms with E-state index < -0.39 is 6.10 Å². The molecule has 0 heterocycles. The van der Waals surface area contributed by atoms with E-state index in [0.717, 1.165) is 11.1 Å². The maximum Gasteiger partial charge on any atom is 0.122 e. The van der Waals surface area contributed by atoms with Crippen molar-refractivity contribution in [2.45, 2.75) is 12.0 Å². The summed E-state index contributed by atoms with van der Waals surface area (Å²) in [5.41, 5.74) is 7.58. The van der Waals surface area contributed by atoms with Gasteiger partial charge in [0.2, 0.25) is 0 Å². The number of methoxy groups -OCH3 is 2. The van der Waals surface area contributed by atoms with Gasteiger partial charge in [-0.1, -0.05) is 30.3 Å². The molecule has 0 spiro atoms. The molecule has 0 aromatic heterocycles. The van der Waals surface area contributed by atoms with E-state index in [1.54, 1.807) is 14.2 Å². The third kappa shape index (κ3) is 3.35. The number of ether oxygens (including phenoxy) is 2. The highest BCUT2D eigenvalue weighted by atomic mass is 16.5. The van der Waals surface area contributed by atoms with Crippen LogP contribution < -0.4 is 15.2 Å². The molecule has 2 unspecified atom stereocenters. The highest BCUT2D eigenvalue weighted by molar-refractivity contribution is 5.44. The molecule has 0 radical (unpaired) electrons. The van der Waals surface area contributed by atoms with Crippen molar-refractivity contribution in [2.75, 3.05) is 20.8 Å². The lowest BCUT2D eigenvalue weighted by Crippen LogP contribution is -2.21. The van der Waals surface area contributed by atoms with Gasteiger partial charge in [-0.05, 0) is 23.8 Å². The third-order valence-corrected chi connectivity index (χ3v) is 3.61. The van der Waals surface area contributed by atoms with E-state index in [2.05, 4.69) is 0 Å². The Kier molecular flexibility index (Phi) is 5.20. The second-order valence-electron chi connectivity index (χ2n) is 4.81. The molecule has 0 aliphatic heterocycles. The van der Waals surface area contributed by atoms with E-state index in [4.69, 9.17) is 15.2 Å². The second kappa shape index (κ2) is 7.11. The Hall–Kier alpha value is -2.04. The van der Waals surface area contributed by atoms with Crippen LogP contribution in [0.3, 0.4) is 0 Å². The van der Waals surface area contributed by atoms with Crippen molar-refractivity contribution in [3.05, 3.63) is 59.7 Å². The molecule has 0 aliphatic rings. The van der Waals surface area contributed by atoms with Gasteiger partial charge < -0.3 is 20.3 Å². The summed E-state index contributed by atoms with van der Waals surface area (Å²) in [6, 6.07) is 15.0. The van der Waals surface area contributed by atoms with Gasteiger partial charge in [0.05, 0.1) is 20.3 Å². The molecule has 2 atom stereocenters. The Labute approximate surface area is 125 Å². The first-order valence-corrected chi connectivity index (χ1v) is 6.86. The molecular weight excluding hydrogens is 266 g/mol. The topological polar surface area (TPSA) is 64.7 Å². The van der Waals surface area contributed by atoms with Crippen LogP contribution in [0.25, 0.3) is 0 Å². The normalized spacial score (nSPS) is 13.5. The number of hydrogen-bond donors (Lipinski definition) is 2. The Bertz CT molecular complexity index is 572. The van der Waals surface area contributed by atoms with Gasteiger partial charge in [-0.3, -0.25) is 0 Å². The Balaban J connectivity index is 2.41. The minimum atomic E-state index is -0.697. The number of aliphatic hydroxyl groups excluding tert-OH is 1. The summed E-state index contributed by atoms with van der Waals surface area (Å²) in [6.07, 6.45) is -0.697. The molecular formula is C17H21NO3. The van der Waals surface area contributed by atoms with E-state index >= 15 is 0 Å². The molecule has 2 aromatic carbocycles. The SMILES string of the molecule is COc1ccc(OC)c(C(CN)C(O)c2ccccc2)c1. The number of aliphatic hydroxyl groups is 1. The smallest absolute Gasteiger partial charge is 0.122 e. The summed E-state index contributed by atoms with van der Waals surface area (Å²) in [5, 5.41) is 10.6. The molecule has 0 aliphatic carbocycles. The molecule has 0 fully saturated rings. The molecule has 4 nitrogen and oxygen atoms in total. The lowest BCUT2D eigenvalue weighted by atomic mass is 9.88. The van der Waals surface area contributed by atoms with Crippen molar-refractivity contribution in [2.24, 2.45) is 5.73 Å². The van der Waals surface area contributed by atoms with Gasteiger partial charge in [-0.2, -0.15) is 0 Å². The lowest BCUT2D eigenvalue weighted by molar-refractivity contribution is 0.146. The van der Waals surface area contributed by atoms with Crippen molar-refractivity contribution in [3.8, 4) is 11.5 Å². The van der Waals surface area contributed by atoms with Crippen LogP contribution in [0.5, 0.6) is 11.5 Å². The van der Waals surface area contributed by atoms with Crippen LogP contribution in [0, 0.1) is 0 Å². The largest absolute Gasteiger partial charge is 0.497 e. The van der Waals surface area contributed by atoms with Crippen LogP contribution in [-0.2, 0) is 0 Å². The Morgan fingerprint density at radius 2 is 1.76 bits per heavy atom.